The Labute approximate surface area is 122 Å². The maximum Gasteiger partial charge on any atom is 0.0700 e. The fraction of sp³-hybridized carbons (Fsp3) is 0.625. The predicted molar refractivity (Wildman–Crippen MR) is 81.0 cm³/mol. The summed E-state index contributed by atoms with van der Waals surface area (Å²) in [5.74, 6) is 0. The van der Waals surface area contributed by atoms with Crippen molar-refractivity contribution in [2.24, 2.45) is 0 Å². The average molecular weight is 281 g/mol. The van der Waals surface area contributed by atoms with Gasteiger partial charge in [0.1, 0.15) is 0 Å². The summed E-state index contributed by atoms with van der Waals surface area (Å²) in [5.41, 5.74) is 1.27. The monoisotopic (exact) mass is 281 g/mol. The molecule has 4 heteroatoms. The van der Waals surface area contributed by atoms with E-state index in [4.69, 9.17) is 14.2 Å². The Kier molecular flexibility index (Phi) is 10.1. The van der Waals surface area contributed by atoms with Gasteiger partial charge in [-0.3, -0.25) is 0 Å². The van der Waals surface area contributed by atoms with E-state index in [1.165, 1.54) is 5.56 Å². The third kappa shape index (κ3) is 7.60. The summed E-state index contributed by atoms with van der Waals surface area (Å²) < 4.78 is 15.6. The molecule has 0 bridgehead atoms. The molecule has 0 heterocycles. The minimum atomic E-state index is 0.260. The van der Waals surface area contributed by atoms with Gasteiger partial charge in [-0.1, -0.05) is 30.3 Å². The van der Waals surface area contributed by atoms with Crippen LogP contribution in [0.5, 0.6) is 0 Å². The molecule has 0 aliphatic rings. The van der Waals surface area contributed by atoms with Crippen molar-refractivity contribution < 1.29 is 14.2 Å². The molecule has 20 heavy (non-hydrogen) atoms. The second-order valence-electron chi connectivity index (χ2n) is 4.69. The largest absolute Gasteiger partial charge is 0.383 e. The van der Waals surface area contributed by atoms with E-state index in [0.29, 0.717) is 19.8 Å². The lowest BCUT2D eigenvalue weighted by molar-refractivity contribution is 0.0686. The molecule has 1 aromatic carbocycles. The molecular formula is C16H27NO3. The fourth-order valence-electron chi connectivity index (χ4n) is 1.97. The van der Waals surface area contributed by atoms with Gasteiger partial charge in [0.15, 0.2) is 0 Å². The molecule has 0 radical (unpaired) electrons. The second-order valence-corrected chi connectivity index (χ2v) is 4.69. The van der Waals surface area contributed by atoms with Crippen molar-refractivity contribution in [1.29, 1.82) is 0 Å². The maximum atomic E-state index is 5.44. The summed E-state index contributed by atoms with van der Waals surface area (Å²) in [4.78, 5) is 0. The number of hydrogen-bond donors (Lipinski definition) is 1. The molecule has 1 aromatic rings. The van der Waals surface area contributed by atoms with E-state index in [1.54, 1.807) is 14.2 Å². The number of unbranched alkanes of at least 4 members (excludes halogenated alkanes) is 1. The molecule has 0 saturated heterocycles. The maximum absolute atomic E-state index is 5.44. The van der Waals surface area contributed by atoms with Crippen molar-refractivity contribution in [2.45, 2.75) is 18.9 Å². The molecule has 0 aliphatic heterocycles. The summed E-state index contributed by atoms with van der Waals surface area (Å²) in [6.07, 6.45) is 2.16. The van der Waals surface area contributed by atoms with Gasteiger partial charge in [0.05, 0.1) is 25.9 Å². The quantitative estimate of drug-likeness (QED) is 0.597. The third-order valence-corrected chi connectivity index (χ3v) is 3.07. The molecule has 0 aromatic heterocycles. The zero-order valence-corrected chi connectivity index (χ0v) is 12.6. The zero-order valence-electron chi connectivity index (χ0n) is 12.6. The van der Waals surface area contributed by atoms with Gasteiger partial charge in [-0.05, 0) is 24.9 Å². The van der Waals surface area contributed by atoms with Gasteiger partial charge in [-0.15, -0.1) is 0 Å². The van der Waals surface area contributed by atoms with Crippen molar-refractivity contribution in [2.75, 3.05) is 47.2 Å². The number of rotatable bonds is 12. The molecule has 0 fully saturated rings. The van der Waals surface area contributed by atoms with E-state index in [2.05, 4.69) is 29.6 Å². The topological polar surface area (TPSA) is 39.7 Å². The van der Waals surface area contributed by atoms with Crippen LogP contribution < -0.4 is 5.32 Å². The zero-order chi connectivity index (χ0) is 14.5. The van der Waals surface area contributed by atoms with Crippen LogP contribution in [0.25, 0.3) is 0 Å². The predicted octanol–water partition coefficient (Wildman–Crippen LogP) is 2.41. The van der Waals surface area contributed by atoms with Crippen LogP contribution in [0.15, 0.2) is 30.3 Å². The highest BCUT2D eigenvalue weighted by molar-refractivity contribution is 5.18. The van der Waals surface area contributed by atoms with Crippen molar-refractivity contribution in [3.63, 3.8) is 0 Å². The lowest BCUT2D eigenvalue weighted by Crippen LogP contribution is -2.26. The van der Waals surface area contributed by atoms with Gasteiger partial charge in [-0.25, -0.2) is 0 Å². The van der Waals surface area contributed by atoms with E-state index >= 15 is 0 Å². The first-order valence-corrected chi connectivity index (χ1v) is 7.22. The van der Waals surface area contributed by atoms with Crippen molar-refractivity contribution >= 4 is 0 Å². The van der Waals surface area contributed by atoms with Gasteiger partial charge in [0.2, 0.25) is 0 Å². The van der Waals surface area contributed by atoms with Crippen molar-refractivity contribution in [1.82, 2.24) is 5.32 Å². The molecule has 1 unspecified atom stereocenters. The summed E-state index contributed by atoms with van der Waals surface area (Å²) in [7, 11) is 3.42. The van der Waals surface area contributed by atoms with Crippen LogP contribution in [0.3, 0.4) is 0 Å². The van der Waals surface area contributed by atoms with Crippen molar-refractivity contribution in [3.8, 4) is 0 Å². The first-order valence-electron chi connectivity index (χ1n) is 7.22. The van der Waals surface area contributed by atoms with Gasteiger partial charge in [0.25, 0.3) is 0 Å². The number of hydrogen-bond acceptors (Lipinski definition) is 4. The van der Waals surface area contributed by atoms with Gasteiger partial charge >= 0.3 is 0 Å². The van der Waals surface area contributed by atoms with E-state index in [9.17, 15) is 0 Å². The standard InChI is InChI=1S/C16H27NO3/c1-18-12-13-20-11-7-6-10-17-16(14-19-2)15-8-4-3-5-9-15/h3-5,8-9,16-17H,6-7,10-14H2,1-2H3. The summed E-state index contributed by atoms with van der Waals surface area (Å²) in [6.45, 7) is 3.80. The Morgan fingerprint density at radius 3 is 2.45 bits per heavy atom. The van der Waals surface area contributed by atoms with Crippen LogP contribution in [0, 0.1) is 0 Å². The Morgan fingerprint density at radius 1 is 0.950 bits per heavy atom. The first-order chi connectivity index (χ1) is 9.88. The number of methoxy groups -OCH3 is 2. The van der Waals surface area contributed by atoms with Crippen molar-refractivity contribution in [3.05, 3.63) is 35.9 Å². The average Bonchev–Trinajstić information content (AvgIpc) is 2.50. The van der Waals surface area contributed by atoms with Gasteiger partial charge in [-0.2, -0.15) is 0 Å². The highest BCUT2D eigenvalue weighted by atomic mass is 16.5. The molecule has 1 atom stereocenters. The van der Waals surface area contributed by atoms with Crippen LogP contribution in [0.4, 0.5) is 0 Å². The second kappa shape index (κ2) is 11.9. The molecule has 114 valence electrons. The number of nitrogens with one attached hydrogen (secondary N) is 1. The summed E-state index contributed by atoms with van der Waals surface area (Å²) in [5, 5.41) is 3.53. The SMILES string of the molecule is COCCOCCCCNC(COC)c1ccccc1. The normalized spacial score (nSPS) is 12.5. The highest BCUT2D eigenvalue weighted by Crippen LogP contribution is 2.12. The summed E-state index contributed by atoms with van der Waals surface area (Å²) >= 11 is 0. The van der Waals surface area contributed by atoms with E-state index < -0.39 is 0 Å². The lowest BCUT2D eigenvalue weighted by Gasteiger charge is -2.18. The smallest absolute Gasteiger partial charge is 0.0700 e. The molecule has 0 saturated carbocycles. The molecular weight excluding hydrogens is 254 g/mol. The van der Waals surface area contributed by atoms with Gasteiger partial charge < -0.3 is 19.5 Å². The number of ether oxygens (including phenoxy) is 3. The third-order valence-electron chi connectivity index (χ3n) is 3.07. The minimum absolute atomic E-state index is 0.260. The number of benzene rings is 1. The van der Waals surface area contributed by atoms with Crippen LogP contribution in [-0.2, 0) is 14.2 Å². The Morgan fingerprint density at radius 2 is 1.75 bits per heavy atom. The lowest BCUT2D eigenvalue weighted by atomic mass is 10.1. The van der Waals surface area contributed by atoms with Crippen LogP contribution >= 0.6 is 0 Å². The summed E-state index contributed by atoms with van der Waals surface area (Å²) in [6, 6.07) is 10.7. The molecule has 0 spiro atoms. The molecule has 0 aliphatic carbocycles. The van der Waals surface area contributed by atoms with Crippen LogP contribution in [0.1, 0.15) is 24.4 Å². The van der Waals surface area contributed by atoms with Crippen LogP contribution in [-0.4, -0.2) is 47.2 Å². The Hall–Kier alpha value is -0.940. The first kappa shape index (κ1) is 17.1. The van der Waals surface area contributed by atoms with E-state index in [0.717, 1.165) is 26.0 Å². The Balaban J connectivity index is 2.14. The minimum Gasteiger partial charge on any atom is -0.383 e. The fourth-order valence-corrected chi connectivity index (χ4v) is 1.97. The van der Waals surface area contributed by atoms with E-state index in [1.807, 2.05) is 6.07 Å². The molecule has 1 rings (SSSR count). The Bertz CT molecular complexity index is 319. The molecule has 0 amide bonds. The molecule has 1 N–H and O–H groups in total. The van der Waals surface area contributed by atoms with E-state index in [-0.39, 0.29) is 6.04 Å². The van der Waals surface area contributed by atoms with Gasteiger partial charge in [0, 0.05) is 20.8 Å². The van der Waals surface area contributed by atoms with Crippen LogP contribution in [0.2, 0.25) is 0 Å². The highest BCUT2D eigenvalue weighted by Gasteiger charge is 2.09. The molecule has 4 nitrogen and oxygen atoms in total.